The number of piperazine rings is 1. The van der Waals surface area contributed by atoms with E-state index in [1.165, 1.54) is 0 Å². The Bertz CT molecular complexity index is 1480. The number of likely N-dealkylation sites (N-methyl/N-ethyl adjacent to an activating group) is 1. The number of carbonyl (C=O) groups excluding carboxylic acids is 2. The molecule has 2 heterocycles. The monoisotopic (exact) mass is 577 g/mol. The summed E-state index contributed by atoms with van der Waals surface area (Å²) in [6.07, 6.45) is 1.67. The van der Waals surface area contributed by atoms with Crippen LogP contribution < -0.4 is 10.1 Å². The van der Waals surface area contributed by atoms with E-state index < -0.39 is 23.2 Å². The van der Waals surface area contributed by atoms with Gasteiger partial charge in [-0.3, -0.25) is 9.59 Å². The van der Waals surface area contributed by atoms with Crippen LogP contribution in [-0.2, 0) is 22.4 Å². The third-order valence-corrected chi connectivity index (χ3v) is 7.95. The van der Waals surface area contributed by atoms with Gasteiger partial charge in [0.05, 0.1) is 12.6 Å². The summed E-state index contributed by atoms with van der Waals surface area (Å²) in [6, 6.07) is 19.0. The van der Waals surface area contributed by atoms with Gasteiger partial charge in [0.15, 0.2) is 17.4 Å². The lowest BCUT2D eigenvalue weighted by Crippen LogP contribution is -2.61. The van der Waals surface area contributed by atoms with Crippen LogP contribution >= 0.6 is 0 Å². The van der Waals surface area contributed by atoms with Gasteiger partial charge >= 0.3 is 0 Å². The predicted octanol–water partition coefficient (Wildman–Crippen LogP) is 4.77. The minimum absolute atomic E-state index is 0.0104. The Balaban J connectivity index is 1.35. The van der Waals surface area contributed by atoms with Crippen LogP contribution in [0.15, 0.2) is 72.3 Å². The molecule has 9 heteroatoms. The second-order valence-corrected chi connectivity index (χ2v) is 10.9. The Morgan fingerprint density at radius 3 is 2.33 bits per heavy atom. The minimum Gasteiger partial charge on any atom is -0.487 e. The summed E-state index contributed by atoms with van der Waals surface area (Å²) in [4.78, 5) is 29.7. The van der Waals surface area contributed by atoms with E-state index in [4.69, 9.17) is 4.74 Å². The molecule has 2 bridgehead atoms. The number of ether oxygens (including phenoxy) is 1. The third-order valence-electron chi connectivity index (χ3n) is 7.95. The molecule has 42 heavy (non-hydrogen) atoms. The zero-order valence-electron chi connectivity index (χ0n) is 23.7. The molecule has 220 valence electrons. The average Bonchev–Trinajstić information content (AvgIpc) is 2.99. The molecule has 2 atom stereocenters. The molecule has 0 aliphatic carbocycles. The number of amides is 2. The summed E-state index contributed by atoms with van der Waals surface area (Å²) in [5, 5.41) is 3.56. The second kappa shape index (κ2) is 12.8. The molecule has 1 fully saturated rings. The van der Waals surface area contributed by atoms with E-state index in [-0.39, 0.29) is 30.5 Å². The molecule has 3 aromatic carbocycles. The summed E-state index contributed by atoms with van der Waals surface area (Å²) in [5.74, 6) is -4.27. The maximum Gasteiger partial charge on any atom is 0.251 e. The predicted molar refractivity (Wildman–Crippen MR) is 154 cm³/mol. The van der Waals surface area contributed by atoms with E-state index in [0.717, 1.165) is 40.8 Å². The van der Waals surface area contributed by atoms with Crippen molar-refractivity contribution in [2.75, 3.05) is 33.3 Å². The average molecular weight is 578 g/mol. The fourth-order valence-corrected chi connectivity index (χ4v) is 5.66. The number of carbonyl (C=O) groups is 2. The fraction of sp³-hybridized carbons (Fsp3) is 0.333. The molecule has 2 aliphatic rings. The highest BCUT2D eigenvalue weighted by Crippen LogP contribution is 2.34. The highest BCUT2D eigenvalue weighted by atomic mass is 19.2. The van der Waals surface area contributed by atoms with Crippen LogP contribution in [0.4, 0.5) is 13.2 Å². The van der Waals surface area contributed by atoms with Crippen LogP contribution in [0.2, 0.25) is 0 Å². The number of hydrogen-bond donors (Lipinski definition) is 1. The van der Waals surface area contributed by atoms with E-state index in [9.17, 15) is 22.8 Å². The molecule has 2 amide bonds. The van der Waals surface area contributed by atoms with Crippen LogP contribution in [-0.4, -0.2) is 67.0 Å². The van der Waals surface area contributed by atoms with Gasteiger partial charge in [0.1, 0.15) is 0 Å². The Morgan fingerprint density at radius 1 is 0.929 bits per heavy atom. The van der Waals surface area contributed by atoms with Crippen molar-refractivity contribution in [1.82, 2.24) is 15.1 Å². The molecule has 0 unspecified atom stereocenters. The Morgan fingerprint density at radius 2 is 1.62 bits per heavy atom. The maximum absolute atomic E-state index is 13.9. The summed E-state index contributed by atoms with van der Waals surface area (Å²) >= 11 is 0. The standard InChI is InChI=1S/C33H34F3N3O3/c1-21(40)39-19-25-18-26(30(29(20-39)37-25)33(41)38(2)16-14-22-6-4-3-5-7-22)24-10-8-23(9-11-24)15-17-42-32-28(35)13-12-27(34)31(32)36/h3-13,25,29,37H,14-20H2,1-2H3/t25-,29-/m1/s1. The first kappa shape index (κ1) is 29.4. The quantitative estimate of drug-likeness (QED) is 0.372. The van der Waals surface area contributed by atoms with Crippen molar-refractivity contribution >= 4 is 17.4 Å². The van der Waals surface area contributed by atoms with Gasteiger partial charge < -0.3 is 19.9 Å². The number of rotatable bonds is 9. The second-order valence-electron chi connectivity index (χ2n) is 10.9. The molecule has 0 aromatic heterocycles. The summed E-state index contributed by atoms with van der Waals surface area (Å²) in [6.45, 7) is 3.06. The third kappa shape index (κ3) is 6.51. The Labute approximate surface area is 243 Å². The molecule has 0 radical (unpaired) electrons. The van der Waals surface area contributed by atoms with Crippen LogP contribution in [0.5, 0.6) is 5.75 Å². The number of fused-ring (bicyclic) bond motifs is 2. The van der Waals surface area contributed by atoms with Gasteiger partial charge in [0, 0.05) is 51.6 Å². The molecule has 1 N–H and O–H groups in total. The van der Waals surface area contributed by atoms with Gasteiger partial charge in [-0.15, -0.1) is 0 Å². The van der Waals surface area contributed by atoms with Gasteiger partial charge in [-0.25, -0.2) is 8.78 Å². The van der Waals surface area contributed by atoms with E-state index in [2.05, 4.69) is 5.32 Å². The number of nitrogens with one attached hydrogen (secondary N) is 1. The molecule has 5 rings (SSSR count). The summed E-state index contributed by atoms with van der Waals surface area (Å²) in [7, 11) is 1.81. The highest BCUT2D eigenvalue weighted by Gasteiger charge is 2.39. The number of hydrogen-bond acceptors (Lipinski definition) is 4. The first-order valence-electron chi connectivity index (χ1n) is 14.1. The number of halogens is 3. The van der Waals surface area contributed by atoms with Crippen molar-refractivity contribution in [3.8, 4) is 5.75 Å². The molecular formula is C33H34F3N3O3. The van der Waals surface area contributed by atoms with E-state index in [1.807, 2.05) is 54.6 Å². The smallest absolute Gasteiger partial charge is 0.251 e. The molecule has 0 spiro atoms. The first-order chi connectivity index (χ1) is 20.2. The lowest BCUT2D eigenvalue weighted by Gasteiger charge is -2.44. The molecule has 6 nitrogen and oxygen atoms in total. The van der Waals surface area contributed by atoms with Crippen LogP contribution in [0.1, 0.15) is 30.0 Å². The van der Waals surface area contributed by atoms with Gasteiger partial charge in [-0.1, -0.05) is 54.6 Å². The van der Waals surface area contributed by atoms with Gasteiger partial charge in [-0.05, 0) is 47.2 Å². The number of benzene rings is 3. The topological polar surface area (TPSA) is 61.9 Å². The minimum atomic E-state index is -1.34. The summed E-state index contributed by atoms with van der Waals surface area (Å²) in [5.41, 5.74) is 4.54. The number of nitrogens with zero attached hydrogens (tertiary/aromatic N) is 2. The lowest BCUT2D eigenvalue weighted by molar-refractivity contribution is -0.132. The van der Waals surface area contributed by atoms with Crippen molar-refractivity contribution in [3.63, 3.8) is 0 Å². The molecule has 2 aliphatic heterocycles. The molecule has 0 saturated carbocycles. The summed E-state index contributed by atoms with van der Waals surface area (Å²) < 4.78 is 46.5. The van der Waals surface area contributed by atoms with Crippen LogP contribution in [0.25, 0.3) is 5.57 Å². The largest absolute Gasteiger partial charge is 0.487 e. The van der Waals surface area contributed by atoms with Crippen LogP contribution in [0.3, 0.4) is 0 Å². The first-order valence-corrected chi connectivity index (χ1v) is 14.1. The van der Waals surface area contributed by atoms with E-state index in [0.29, 0.717) is 38.0 Å². The van der Waals surface area contributed by atoms with Crippen molar-refractivity contribution in [2.45, 2.75) is 38.3 Å². The lowest BCUT2D eigenvalue weighted by atomic mass is 9.82. The normalized spacial score (nSPS) is 18.2. The van der Waals surface area contributed by atoms with Crippen molar-refractivity contribution in [1.29, 1.82) is 0 Å². The van der Waals surface area contributed by atoms with Gasteiger partial charge in [0.2, 0.25) is 11.7 Å². The van der Waals surface area contributed by atoms with E-state index in [1.54, 1.807) is 23.8 Å². The zero-order chi connectivity index (χ0) is 29.8. The van der Waals surface area contributed by atoms with Gasteiger partial charge in [-0.2, -0.15) is 4.39 Å². The van der Waals surface area contributed by atoms with Crippen molar-refractivity contribution in [2.24, 2.45) is 0 Å². The van der Waals surface area contributed by atoms with Crippen molar-refractivity contribution < 1.29 is 27.5 Å². The highest BCUT2D eigenvalue weighted by molar-refractivity contribution is 6.03. The molecule has 1 saturated heterocycles. The SMILES string of the molecule is CC(=O)N1C[C@H]2CC(c3ccc(CCOc4c(F)ccc(F)c4F)cc3)=C(C(=O)N(C)CCc3ccccc3)[C@@H](C1)N2. The Kier molecular flexibility index (Phi) is 8.97. The fourth-order valence-electron chi connectivity index (χ4n) is 5.66. The molecular weight excluding hydrogens is 543 g/mol. The van der Waals surface area contributed by atoms with E-state index >= 15 is 0 Å². The zero-order valence-corrected chi connectivity index (χ0v) is 23.7. The van der Waals surface area contributed by atoms with Crippen molar-refractivity contribution in [3.05, 3.63) is 106 Å². The maximum atomic E-state index is 13.9. The van der Waals surface area contributed by atoms with Gasteiger partial charge in [0.25, 0.3) is 5.91 Å². The Hall–Kier alpha value is -4.11. The van der Waals surface area contributed by atoms with Crippen LogP contribution in [0, 0.1) is 17.5 Å². The molecule has 3 aromatic rings.